The van der Waals surface area contributed by atoms with E-state index in [1.807, 2.05) is 0 Å². The summed E-state index contributed by atoms with van der Waals surface area (Å²) >= 11 is 0. The van der Waals surface area contributed by atoms with Crippen LogP contribution in [0.1, 0.15) is 0 Å². The number of para-hydroxylation sites is 1. The normalized spacial score (nSPS) is 12.0. The fraction of sp³-hybridized carbons (Fsp3) is 0. The van der Waals surface area contributed by atoms with Crippen molar-refractivity contribution in [3.63, 3.8) is 0 Å². The molecule has 0 aliphatic heterocycles. The predicted molar refractivity (Wildman–Crippen MR) is 191 cm³/mol. The highest BCUT2D eigenvalue weighted by Gasteiger charge is 2.22. The molecular weight excluding hydrogens is 542 g/mol. The van der Waals surface area contributed by atoms with Gasteiger partial charge in [0.25, 0.3) is 0 Å². The van der Waals surface area contributed by atoms with Crippen molar-refractivity contribution in [2.24, 2.45) is 0 Å². The molecule has 0 fully saturated rings. The van der Waals surface area contributed by atoms with E-state index in [0.717, 1.165) is 0 Å². The molecule has 1 heteroatoms. The molecule has 1 nitrogen and oxygen atoms in total. The van der Waals surface area contributed by atoms with Crippen LogP contribution in [0.4, 0.5) is 0 Å². The number of aromatic nitrogens is 1. The van der Waals surface area contributed by atoms with Crippen LogP contribution in [0, 0.1) is 0 Å². The highest BCUT2D eigenvalue weighted by molar-refractivity contribution is 6.20. The summed E-state index contributed by atoms with van der Waals surface area (Å²) in [5.41, 5.74) is 14.0. The summed E-state index contributed by atoms with van der Waals surface area (Å²) in [4.78, 5) is 0. The van der Waals surface area contributed by atoms with Gasteiger partial charge in [0.1, 0.15) is 0 Å². The Labute approximate surface area is 261 Å². The van der Waals surface area contributed by atoms with Crippen LogP contribution in [0.15, 0.2) is 164 Å². The zero-order chi connectivity index (χ0) is 29.5. The number of hydrogen-bond acceptors (Lipinski definition) is 0. The van der Waals surface area contributed by atoms with E-state index >= 15 is 0 Å². The first-order valence-corrected chi connectivity index (χ1v) is 15.6. The molecule has 1 aliphatic carbocycles. The molecule has 0 amide bonds. The van der Waals surface area contributed by atoms with Gasteiger partial charge in [0, 0.05) is 21.8 Å². The van der Waals surface area contributed by atoms with Gasteiger partial charge in [0.05, 0.1) is 11.0 Å². The zero-order valence-electron chi connectivity index (χ0n) is 24.5. The first kappa shape index (κ1) is 24.5. The minimum atomic E-state index is 1.18. The molecule has 0 N–H and O–H groups in total. The van der Waals surface area contributed by atoms with Crippen LogP contribution in [0.3, 0.4) is 0 Å². The summed E-state index contributed by atoms with van der Waals surface area (Å²) in [7, 11) is 0. The van der Waals surface area contributed by atoms with E-state index in [1.165, 1.54) is 93.5 Å². The van der Waals surface area contributed by atoms with Gasteiger partial charge in [-0.05, 0) is 91.0 Å². The lowest BCUT2D eigenvalue weighted by molar-refractivity contribution is 1.19. The first-order valence-electron chi connectivity index (χ1n) is 15.6. The van der Waals surface area contributed by atoms with E-state index in [4.69, 9.17) is 0 Å². The fourth-order valence-corrected chi connectivity index (χ4v) is 7.73. The predicted octanol–water partition coefficient (Wildman–Crippen LogP) is 12.1. The Bertz CT molecular complexity index is 2610. The molecule has 0 saturated heterocycles. The topological polar surface area (TPSA) is 4.93 Å². The summed E-state index contributed by atoms with van der Waals surface area (Å²) in [6, 6.07) is 60.2. The molecule has 0 saturated carbocycles. The molecule has 1 aliphatic rings. The highest BCUT2D eigenvalue weighted by Crippen LogP contribution is 2.49. The van der Waals surface area contributed by atoms with Crippen molar-refractivity contribution in [1.29, 1.82) is 0 Å². The van der Waals surface area contributed by atoms with E-state index in [2.05, 4.69) is 168 Å². The Balaban J connectivity index is 1.17. The van der Waals surface area contributed by atoms with E-state index in [1.54, 1.807) is 0 Å². The SMILES string of the molecule is c1ccc(-n2c3ccc(-c4cccc(-c5ccc6c7c(cccc57)-c5ccccc5-6)c4)cc3c3ccc4ccccc4c32)cc1. The van der Waals surface area contributed by atoms with Crippen molar-refractivity contribution in [2.45, 2.75) is 0 Å². The van der Waals surface area contributed by atoms with E-state index in [9.17, 15) is 0 Å². The van der Waals surface area contributed by atoms with E-state index in [0.29, 0.717) is 0 Å². The average molecular weight is 570 g/mol. The Hall–Kier alpha value is -5.92. The number of nitrogens with zero attached hydrogens (tertiary/aromatic N) is 1. The van der Waals surface area contributed by atoms with Gasteiger partial charge in [-0.2, -0.15) is 0 Å². The van der Waals surface area contributed by atoms with Crippen LogP contribution in [0.2, 0.25) is 0 Å². The molecule has 0 spiro atoms. The van der Waals surface area contributed by atoms with Gasteiger partial charge >= 0.3 is 0 Å². The van der Waals surface area contributed by atoms with Gasteiger partial charge in [-0.3, -0.25) is 0 Å². The summed E-state index contributed by atoms with van der Waals surface area (Å²) in [5.74, 6) is 0. The second kappa shape index (κ2) is 9.29. The Morgan fingerprint density at radius 2 is 1.00 bits per heavy atom. The largest absolute Gasteiger partial charge is 0.309 e. The highest BCUT2D eigenvalue weighted by atomic mass is 15.0. The van der Waals surface area contributed by atoms with Crippen LogP contribution in [-0.2, 0) is 0 Å². The van der Waals surface area contributed by atoms with E-state index < -0.39 is 0 Å². The summed E-state index contributed by atoms with van der Waals surface area (Å²) < 4.78 is 2.43. The van der Waals surface area contributed by atoms with Crippen LogP contribution in [0.25, 0.3) is 93.5 Å². The van der Waals surface area contributed by atoms with Crippen LogP contribution >= 0.6 is 0 Å². The minimum Gasteiger partial charge on any atom is -0.309 e. The molecular formula is C44H27N. The minimum absolute atomic E-state index is 1.18. The van der Waals surface area contributed by atoms with Crippen molar-refractivity contribution < 1.29 is 0 Å². The fourth-order valence-electron chi connectivity index (χ4n) is 7.73. The molecule has 10 rings (SSSR count). The second-order valence-corrected chi connectivity index (χ2v) is 12.1. The third-order valence-electron chi connectivity index (χ3n) is 9.72. The summed E-state index contributed by atoms with van der Waals surface area (Å²) in [6.07, 6.45) is 0. The molecule has 0 atom stereocenters. The van der Waals surface area contributed by atoms with Gasteiger partial charge < -0.3 is 4.57 Å². The smallest absolute Gasteiger partial charge is 0.0619 e. The van der Waals surface area contributed by atoms with Gasteiger partial charge in [-0.1, -0.05) is 133 Å². The second-order valence-electron chi connectivity index (χ2n) is 12.1. The van der Waals surface area contributed by atoms with Crippen LogP contribution in [0.5, 0.6) is 0 Å². The zero-order valence-corrected chi connectivity index (χ0v) is 24.5. The van der Waals surface area contributed by atoms with Crippen LogP contribution < -0.4 is 0 Å². The van der Waals surface area contributed by atoms with Crippen molar-refractivity contribution in [2.75, 3.05) is 0 Å². The third-order valence-corrected chi connectivity index (χ3v) is 9.72. The lowest BCUT2D eigenvalue weighted by Crippen LogP contribution is -1.94. The molecule has 1 aromatic heterocycles. The maximum Gasteiger partial charge on any atom is 0.0619 e. The molecule has 45 heavy (non-hydrogen) atoms. The lowest BCUT2D eigenvalue weighted by atomic mass is 9.92. The van der Waals surface area contributed by atoms with Crippen molar-refractivity contribution in [3.8, 4) is 50.2 Å². The number of benzene rings is 8. The molecule has 0 radical (unpaired) electrons. The monoisotopic (exact) mass is 569 g/mol. The Morgan fingerprint density at radius 3 is 1.89 bits per heavy atom. The molecule has 1 heterocycles. The van der Waals surface area contributed by atoms with Crippen LogP contribution in [-0.4, -0.2) is 4.57 Å². The van der Waals surface area contributed by atoms with Gasteiger partial charge in [-0.25, -0.2) is 0 Å². The Kier molecular flexibility index (Phi) is 5.06. The maximum atomic E-state index is 2.43. The number of rotatable bonds is 3. The number of hydrogen-bond donors (Lipinski definition) is 0. The van der Waals surface area contributed by atoms with Gasteiger partial charge in [0.2, 0.25) is 0 Å². The van der Waals surface area contributed by atoms with Crippen molar-refractivity contribution in [1.82, 2.24) is 4.57 Å². The average Bonchev–Trinajstić information content (AvgIpc) is 3.63. The quantitative estimate of drug-likeness (QED) is 0.199. The summed E-state index contributed by atoms with van der Waals surface area (Å²) in [5, 5.41) is 7.75. The third kappa shape index (κ3) is 3.50. The summed E-state index contributed by atoms with van der Waals surface area (Å²) in [6.45, 7) is 0. The molecule has 0 unspecified atom stereocenters. The number of fused-ring (bicyclic) bond motifs is 8. The van der Waals surface area contributed by atoms with Crippen molar-refractivity contribution in [3.05, 3.63) is 164 Å². The standard InChI is InChI=1S/C44H27N/c1-2-13-32(14-3-1)45-42-25-21-30(27-41(42)40-22-20-28-10-4-5-15-34(28)44(40)45)29-11-8-12-31(26-29)33-23-24-39-36-17-7-6-16-35(36)38-19-9-18-37(33)43(38)39/h1-27H. The van der Waals surface area contributed by atoms with Crippen molar-refractivity contribution >= 4 is 43.4 Å². The van der Waals surface area contributed by atoms with Gasteiger partial charge in [0.15, 0.2) is 0 Å². The molecule has 9 aromatic rings. The molecule has 208 valence electrons. The molecule has 8 aromatic carbocycles. The maximum absolute atomic E-state index is 2.43. The Morgan fingerprint density at radius 1 is 0.333 bits per heavy atom. The molecule has 0 bridgehead atoms. The first-order chi connectivity index (χ1) is 22.3. The van der Waals surface area contributed by atoms with Gasteiger partial charge in [-0.15, -0.1) is 0 Å². The lowest BCUT2D eigenvalue weighted by Gasteiger charge is -2.12. The van der Waals surface area contributed by atoms with E-state index in [-0.39, 0.29) is 0 Å².